The second kappa shape index (κ2) is 31.1. The van der Waals surface area contributed by atoms with Crippen molar-refractivity contribution >= 4 is 0 Å². The summed E-state index contributed by atoms with van der Waals surface area (Å²) in [5.41, 5.74) is 1.04. The molecule has 0 aliphatic carbocycles. The van der Waals surface area contributed by atoms with Crippen LogP contribution in [-0.2, 0) is 0 Å². The molecular formula is C27H56N2. The van der Waals surface area contributed by atoms with Gasteiger partial charge in [-0.1, -0.05) is 146 Å². The Morgan fingerprint density at radius 1 is 0.655 bits per heavy atom. The number of aromatic nitrogens is 2. The number of nitrogens with zero attached hydrogens (tertiary/aromatic N) is 1. The molecular weight excluding hydrogens is 352 g/mol. The minimum Gasteiger partial charge on any atom is -0.351 e. The third kappa shape index (κ3) is 102. The number of H-pyrrole nitrogens is 1. The summed E-state index contributed by atoms with van der Waals surface area (Å²) in [6.07, 6.45) is 7.60. The van der Waals surface area contributed by atoms with Crippen molar-refractivity contribution in [1.82, 2.24) is 9.97 Å². The maximum atomic E-state index is 3.67. The molecule has 0 radical (unpaired) electrons. The van der Waals surface area contributed by atoms with Crippen LogP contribution in [0.15, 0.2) is 55.1 Å². The molecule has 1 heterocycles. The molecule has 0 fully saturated rings. The molecule has 29 heavy (non-hydrogen) atoms. The van der Waals surface area contributed by atoms with Gasteiger partial charge in [0, 0.05) is 12.4 Å². The molecule has 2 aromatic rings. The van der Waals surface area contributed by atoms with Gasteiger partial charge in [-0.25, -0.2) is 4.98 Å². The minimum atomic E-state index is 0.500. The summed E-state index contributed by atoms with van der Waals surface area (Å²) in [6, 6.07) is 12.0. The zero-order valence-corrected chi connectivity index (χ0v) is 22.6. The number of imidazole rings is 1. The summed E-state index contributed by atoms with van der Waals surface area (Å²) in [5.74, 6) is 0. The molecule has 174 valence electrons. The van der Waals surface area contributed by atoms with E-state index in [0.29, 0.717) is 10.8 Å². The van der Waals surface area contributed by atoms with Gasteiger partial charge < -0.3 is 4.98 Å². The largest absolute Gasteiger partial charge is 0.351 e. The molecule has 0 atom stereocenters. The van der Waals surface area contributed by atoms with E-state index in [-0.39, 0.29) is 0 Å². The summed E-state index contributed by atoms with van der Waals surface area (Å²) in [7, 11) is 0. The van der Waals surface area contributed by atoms with Crippen molar-refractivity contribution in [3.8, 4) is 0 Å². The fourth-order valence-electron chi connectivity index (χ4n) is 0.600. The van der Waals surface area contributed by atoms with Crippen molar-refractivity contribution in [2.75, 3.05) is 0 Å². The molecule has 0 aliphatic rings. The number of hydrogen-bond acceptors (Lipinski definition) is 1. The second-order valence-electron chi connectivity index (χ2n) is 8.54. The summed E-state index contributed by atoms with van der Waals surface area (Å²) < 4.78 is 0. The van der Waals surface area contributed by atoms with Crippen molar-refractivity contribution in [2.45, 2.75) is 110 Å². The zero-order valence-electron chi connectivity index (χ0n) is 22.6. The van der Waals surface area contributed by atoms with E-state index in [4.69, 9.17) is 0 Å². The van der Waals surface area contributed by atoms with E-state index in [9.17, 15) is 0 Å². The lowest BCUT2D eigenvalue weighted by Gasteiger charge is -2.12. The van der Waals surface area contributed by atoms with Gasteiger partial charge in [-0.2, -0.15) is 0 Å². The Morgan fingerprint density at radius 3 is 0.966 bits per heavy atom. The van der Waals surface area contributed by atoms with Crippen LogP contribution in [0.3, 0.4) is 0 Å². The number of aromatic amines is 1. The fourth-order valence-corrected chi connectivity index (χ4v) is 0.600. The molecule has 1 aromatic carbocycles. The van der Waals surface area contributed by atoms with E-state index in [1.807, 2.05) is 64.1 Å². The van der Waals surface area contributed by atoms with Crippen molar-refractivity contribution < 1.29 is 0 Å². The SMILES string of the molecule is CC.CC.CC(C)(C)C.CCC.CCC(C)(C)C.c1c[nH]cn1.c1ccccc1. The van der Waals surface area contributed by atoms with Crippen molar-refractivity contribution in [3.05, 3.63) is 55.1 Å². The Labute approximate surface area is 186 Å². The molecule has 0 bridgehead atoms. The fraction of sp³-hybridized carbons (Fsp3) is 0.667. The van der Waals surface area contributed by atoms with E-state index in [2.05, 4.69) is 79.2 Å². The highest BCUT2D eigenvalue weighted by Crippen LogP contribution is 2.16. The lowest BCUT2D eigenvalue weighted by Crippen LogP contribution is -2.00. The topological polar surface area (TPSA) is 28.7 Å². The van der Waals surface area contributed by atoms with Gasteiger partial charge in [0.2, 0.25) is 0 Å². The highest BCUT2D eigenvalue weighted by Gasteiger charge is 2.03. The maximum Gasteiger partial charge on any atom is 0.0919 e. The van der Waals surface area contributed by atoms with Gasteiger partial charge >= 0.3 is 0 Å². The van der Waals surface area contributed by atoms with Gasteiger partial charge in [0.25, 0.3) is 0 Å². The van der Waals surface area contributed by atoms with Gasteiger partial charge in [-0.15, -0.1) is 0 Å². The van der Waals surface area contributed by atoms with Crippen LogP contribution in [0.25, 0.3) is 0 Å². The van der Waals surface area contributed by atoms with Crippen LogP contribution in [0.5, 0.6) is 0 Å². The van der Waals surface area contributed by atoms with E-state index in [1.54, 1.807) is 18.7 Å². The first-order valence-corrected chi connectivity index (χ1v) is 11.4. The molecule has 2 rings (SSSR count). The zero-order chi connectivity index (χ0) is 24.2. The Bertz CT molecular complexity index is 356. The number of rotatable bonds is 0. The summed E-state index contributed by atoms with van der Waals surface area (Å²) in [4.78, 5) is 6.42. The number of nitrogens with one attached hydrogen (secondary N) is 1. The molecule has 1 N–H and O–H groups in total. The Morgan fingerprint density at radius 2 is 0.897 bits per heavy atom. The first-order chi connectivity index (χ1) is 13.5. The van der Waals surface area contributed by atoms with Gasteiger partial charge in [0.1, 0.15) is 0 Å². The Balaban J connectivity index is -0.0000000803. The minimum absolute atomic E-state index is 0.500. The van der Waals surface area contributed by atoms with Crippen LogP contribution in [-0.4, -0.2) is 9.97 Å². The molecule has 1 aromatic heterocycles. The normalized spacial score (nSPS) is 8.62. The highest BCUT2D eigenvalue weighted by atomic mass is 14.8. The second-order valence-corrected chi connectivity index (χ2v) is 8.54. The molecule has 0 aliphatic heterocycles. The predicted octanol–water partition coefficient (Wildman–Crippen LogP) is 10.1. The van der Waals surface area contributed by atoms with E-state index >= 15 is 0 Å². The van der Waals surface area contributed by atoms with Crippen LogP contribution in [0.1, 0.15) is 110 Å². The van der Waals surface area contributed by atoms with Gasteiger partial charge in [0.05, 0.1) is 6.33 Å². The van der Waals surface area contributed by atoms with Crippen LogP contribution in [0.4, 0.5) is 0 Å². The molecule has 0 spiro atoms. The van der Waals surface area contributed by atoms with E-state index in [0.717, 1.165) is 0 Å². The molecule has 2 heteroatoms. The lowest BCUT2D eigenvalue weighted by atomic mass is 9.94. The molecule has 0 saturated carbocycles. The molecule has 0 unspecified atom stereocenters. The predicted molar refractivity (Wildman–Crippen MR) is 139 cm³/mol. The summed E-state index contributed by atoms with van der Waals surface area (Å²) in [5, 5.41) is 0. The Kier molecular flexibility index (Phi) is 40.9. The third-order valence-corrected chi connectivity index (χ3v) is 2.13. The van der Waals surface area contributed by atoms with Crippen LogP contribution in [0.2, 0.25) is 0 Å². The van der Waals surface area contributed by atoms with Gasteiger partial charge in [-0.3, -0.25) is 0 Å². The molecule has 0 amide bonds. The smallest absolute Gasteiger partial charge is 0.0919 e. The highest BCUT2D eigenvalue weighted by molar-refractivity contribution is 4.99. The third-order valence-electron chi connectivity index (χ3n) is 2.13. The van der Waals surface area contributed by atoms with Crippen molar-refractivity contribution in [3.63, 3.8) is 0 Å². The van der Waals surface area contributed by atoms with E-state index < -0.39 is 0 Å². The first kappa shape index (κ1) is 38.1. The standard InChI is InChI=1S/C6H6.C6H14.C5H12.C3H4N2.C3H8.2C2H6/c1-2-4-6-5-3-1;1-5-6(2,3)4;1-5(2,3)4;1-2-5-3-4-1;1-3-2;2*1-2/h1-6H;5H2,1-4H3;1-4H3;1-3H,(H,4,5);3H2,1-2H3;2*1-2H3. The summed E-state index contributed by atoms with van der Waals surface area (Å²) >= 11 is 0. The van der Waals surface area contributed by atoms with E-state index in [1.165, 1.54) is 12.8 Å². The van der Waals surface area contributed by atoms with Crippen LogP contribution in [0, 0.1) is 10.8 Å². The molecule has 2 nitrogen and oxygen atoms in total. The number of benzene rings is 1. The number of hydrogen-bond donors (Lipinski definition) is 1. The van der Waals surface area contributed by atoms with Gasteiger partial charge in [0.15, 0.2) is 0 Å². The Hall–Kier alpha value is -1.57. The summed E-state index contributed by atoms with van der Waals surface area (Å²) in [6.45, 7) is 29.9. The maximum absolute atomic E-state index is 3.67. The van der Waals surface area contributed by atoms with Crippen LogP contribution < -0.4 is 0 Å². The first-order valence-electron chi connectivity index (χ1n) is 11.4. The molecule has 0 saturated heterocycles. The quantitative estimate of drug-likeness (QED) is 0.461. The van der Waals surface area contributed by atoms with Gasteiger partial charge in [-0.05, 0) is 10.8 Å². The van der Waals surface area contributed by atoms with Crippen molar-refractivity contribution in [2.24, 2.45) is 10.8 Å². The average Bonchev–Trinajstić information content (AvgIpc) is 3.26. The monoisotopic (exact) mass is 408 g/mol. The van der Waals surface area contributed by atoms with Crippen LogP contribution >= 0.6 is 0 Å². The van der Waals surface area contributed by atoms with Crippen molar-refractivity contribution in [1.29, 1.82) is 0 Å². The average molecular weight is 409 g/mol. The lowest BCUT2D eigenvalue weighted by molar-refractivity contribution is 0.398.